The van der Waals surface area contributed by atoms with E-state index in [1.54, 1.807) is 7.11 Å². The van der Waals surface area contributed by atoms with E-state index in [0.29, 0.717) is 0 Å². The summed E-state index contributed by atoms with van der Waals surface area (Å²) < 4.78 is 8.44. The van der Waals surface area contributed by atoms with E-state index >= 15 is 0 Å². The molecule has 2 rings (SSSR count). The second-order valence-electron chi connectivity index (χ2n) is 4.54. The van der Waals surface area contributed by atoms with E-state index in [1.807, 2.05) is 18.2 Å². The molecule has 0 aliphatic heterocycles. The van der Waals surface area contributed by atoms with Crippen molar-refractivity contribution < 1.29 is 4.74 Å². The second-order valence-corrected chi connectivity index (χ2v) is 7.17. The largest absolute Gasteiger partial charge is 0.497 e. The lowest BCUT2D eigenvalue weighted by Crippen LogP contribution is -2.22. The molecule has 2 nitrogen and oxygen atoms in total. The minimum Gasteiger partial charge on any atom is -0.497 e. The van der Waals surface area contributed by atoms with E-state index in [2.05, 4.69) is 78.2 Å². The first-order chi connectivity index (χ1) is 10.1. The summed E-state index contributed by atoms with van der Waals surface area (Å²) in [7, 11) is 1.67. The van der Waals surface area contributed by atoms with Gasteiger partial charge in [0, 0.05) is 13.4 Å². The zero-order valence-corrected chi connectivity index (χ0v) is 16.5. The van der Waals surface area contributed by atoms with E-state index in [4.69, 9.17) is 4.74 Å². The maximum Gasteiger partial charge on any atom is 0.120 e. The van der Waals surface area contributed by atoms with Crippen LogP contribution in [0.1, 0.15) is 24.1 Å². The molecule has 0 heterocycles. The maximum atomic E-state index is 5.27. The number of ether oxygens (including phenoxy) is 1. The van der Waals surface area contributed by atoms with Crippen LogP contribution in [0.15, 0.2) is 49.8 Å². The highest BCUT2D eigenvalue weighted by molar-refractivity contribution is 9.11. The lowest BCUT2D eigenvalue weighted by molar-refractivity contribution is 0.414. The first-order valence-corrected chi connectivity index (χ1v) is 8.96. The fourth-order valence-electron chi connectivity index (χ4n) is 2.20. The van der Waals surface area contributed by atoms with Crippen molar-refractivity contribution in [1.29, 1.82) is 0 Å². The normalized spacial score (nSPS) is 12.2. The van der Waals surface area contributed by atoms with Crippen molar-refractivity contribution in [2.45, 2.75) is 13.0 Å². The van der Waals surface area contributed by atoms with E-state index in [-0.39, 0.29) is 6.04 Å². The van der Waals surface area contributed by atoms with Crippen LogP contribution in [0.4, 0.5) is 0 Å². The maximum absolute atomic E-state index is 5.27. The van der Waals surface area contributed by atoms with Crippen molar-refractivity contribution >= 4 is 47.8 Å². The van der Waals surface area contributed by atoms with Gasteiger partial charge in [0.2, 0.25) is 0 Å². The Labute approximate surface area is 150 Å². The monoisotopic (exact) mass is 475 g/mol. The molecule has 0 saturated heterocycles. The Bertz CT molecular complexity index is 631. The Morgan fingerprint density at radius 3 is 2.38 bits per heavy atom. The fraction of sp³-hybridized carbons (Fsp3) is 0.250. The van der Waals surface area contributed by atoms with Gasteiger partial charge in [-0.15, -0.1) is 0 Å². The van der Waals surface area contributed by atoms with E-state index in [9.17, 15) is 0 Å². The quantitative estimate of drug-likeness (QED) is 0.598. The van der Waals surface area contributed by atoms with Crippen molar-refractivity contribution in [3.05, 3.63) is 60.9 Å². The topological polar surface area (TPSA) is 21.3 Å². The van der Waals surface area contributed by atoms with Crippen LogP contribution >= 0.6 is 47.8 Å². The van der Waals surface area contributed by atoms with Crippen molar-refractivity contribution in [3.63, 3.8) is 0 Å². The highest BCUT2D eigenvalue weighted by Gasteiger charge is 2.19. The van der Waals surface area contributed by atoms with Crippen molar-refractivity contribution in [2.75, 3.05) is 13.7 Å². The van der Waals surface area contributed by atoms with Crippen LogP contribution in [-0.4, -0.2) is 13.7 Å². The van der Waals surface area contributed by atoms with Crippen LogP contribution in [0.5, 0.6) is 5.75 Å². The van der Waals surface area contributed by atoms with Gasteiger partial charge in [-0.1, -0.05) is 60.8 Å². The lowest BCUT2D eigenvalue weighted by Gasteiger charge is -2.22. The Hall–Kier alpha value is -0.360. The predicted molar refractivity (Wildman–Crippen MR) is 98.1 cm³/mol. The highest BCUT2D eigenvalue weighted by atomic mass is 79.9. The molecule has 0 bridgehead atoms. The molecule has 0 radical (unpaired) electrons. The summed E-state index contributed by atoms with van der Waals surface area (Å²) >= 11 is 10.9. The molecule has 1 atom stereocenters. The highest BCUT2D eigenvalue weighted by Crippen LogP contribution is 2.35. The van der Waals surface area contributed by atoms with Crippen LogP contribution in [0.2, 0.25) is 0 Å². The van der Waals surface area contributed by atoms with Gasteiger partial charge in [0.05, 0.1) is 13.2 Å². The molecule has 1 N–H and O–H groups in total. The number of methoxy groups -OCH3 is 1. The number of benzene rings is 2. The second kappa shape index (κ2) is 7.77. The zero-order chi connectivity index (χ0) is 15.4. The van der Waals surface area contributed by atoms with E-state index in [1.165, 1.54) is 11.1 Å². The van der Waals surface area contributed by atoms with E-state index in [0.717, 1.165) is 25.7 Å². The first kappa shape index (κ1) is 17.0. The minimum absolute atomic E-state index is 0.0992. The number of rotatable bonds is 5. The molecule has 0 aliphatic rings. The smallest absolute Gasteiger partial charge is 0.120 e. The minimum atomic E-state index is 0.0992. The van der Waals surface area contributed by atoms with Crippen LogP contribution in [-0.2, 0) is 0 Å². The van der Waals surface area contributed by atoms with Gasteiger partial charge in [-0.25, -0.2) is 0 Å². The average Bonchev–Trinajstić information content (AvgIpc) is 2.48. The van der Waals surface area contributed by atoms with Gasteiger partial charge in [0.25, 0.3) is 0 Å². The summed E-state index contributed by atoms with van der Waals surface area (Å²) in [6.45, 7) is 2.98. The summed E-state index contributed by atoms with van der Waals surface area (Å²) in [5, 5.41) is 3.54. The van der Waals surface area contributed by atoms with E-state index < -0.39 is 0 Å². The summed E-state index contributed by atoms with van der Waals surface area (Å²) in [6, 6.07) is 12.4. The van der Waals surface area contributed by atoms with Gasteiger partial charge in [-0.3, -0.25) is 0 Å². The average molecular weight is 478 g/mol. The first-order valence-electron chi connectivity index (χ1n) is 6.58. The lowest BCUT2D eigenvalue weighted by atomic mass is 9.98. The Morgan fingerprint density at radius 1 is 1.00 bits per heavy atom. The summed E-state index contributed by atoms with van der Waals surface area (Å²) in [4.78, 5) is 0. The third-order valence-electron chi connectivity index (χ3n) is 3.20. The third kappa shape index (κ3) is 4.09. The number of halogens is 3. The number of hydrogen-bond acceptors (Lipinski definition) is 2. The molecule has 21 heavy (non-hydrogen) atoms. The van der Waals surface area contributed by atoms with Gasteiger partial charge in [0.1, 0.15) is 5.75 Å². The number of hydrogen-bond donors (Lipinski definition) is 1. The molecule has 2 aromatic carbocycles. The van der Waals surface area contributed by atoms with Gasteiger partial charge in [-0.2, -0.15) is 0 Å². The third-order valence-corrected chi connectivity index (χ3v) is 5.10. The molecule has 1 unspecified atom stereocenters. The van der Waals surface area contributed by atoms with Crippen LogP contribution in [0.25, 0.3) is 0 Å². The summed E-state index contributed by atoms with van der Waals surface area (Å²) in [5.41, 5.74) is 2.37. The van der Waals surface area contributed by atoms with Gasteiger partial charge in [0.15, 0.2) is 0 Å². The van der Waals surface area contributed by atoms with Crippen molar-refractivity contribution in [1.82, 2.24) is 5.32 Å². The number of nitrogens with one attached hydrogen (secondary N) is 1. The van der Waals surface area contributed by atoms with Gasteiger partial charge in [-0.05, 0) is 48.0 Å². The zero-order valence-electron chi connectivity index (χ0n) is 11.8. The molecule has 0 aliphatic carbocycles. The molecule has 0 saturated carbocycles. The van der Waals surface area contributed by atoms with Crippen molar-refractivity contribution in [2.24, 2.45) is 0 Å². The summed E-state index contributed by atoms with van der Waals surface area (Å²) in [5.74, 6) is 0.842. The van der Waals surface area contributed by atoms with Gasteiger partial charge < -0.3 is 10.1 Å². The molecule has 112 valence electrons. The predicted octanol–water partition coefficient (Wildman–Crippen LogP) is 5.68. The molecule has 0 amide bonds. The van der Waals surface area contributed by atoms with Crippen LogP contribution in [0.3, 0.4) is 0 Å². The SMILES string of the molecule is CCNC(c1ccc(OC)cc1Br)c1cc(Br)ccc1Br. The Morgan fingerprint density at radius 2 is 1.76 bits per heavy atom. The fourth-order valence-corrected chi connectivity index (χ4v) is 3.64. The van der Waals surface area contributed by atoms with Crippen LogP contribution < -0.4 is 10.1 Å². The molecule has 0 spiro atoms. The molecule has 2 aromatic rings. The molecular formula is C16H16Br3NO. The molecular weight excluding hydrogens is 462 g/mol. The molecule has 0 aromatic heterocycles. The standard InChI is InChI=1S/C16H16Br3NO/c1-3-20-16(13-8-10(17)4-7-14(13)18)12-6-5-11(21-2)9-15(12)19/h4-9,16,20H,3H2,1-2H3. The van der Waals surface area contributed by atoms with Gasteiger partial charge >= 0.3 is 0 Å². The molecule has 0 fully saturated rings. The Kier molecular flexibility index (Phi) is 6.29. The summed E-state index contributed by atoms with van der Waals surface area (Å²) in [6.07, 6.45) is 0. The van der Waals surface area contributed by atoms with Crippen molar-refractivity contribution in [3.8, 4) is 5.75 Å². The Balaban J connectivity index is 2.50. The van der Waals surface area contributed by atoms with Crippen LogP contribution in [0, 0.1) is 0 Å². The molecule has 5 heteroatoms.